The summed E-state index contributed by atoms with van der Waals surface area (Å²) in [6, 6.07) is 9.75. The number of hydrogen-bond acceptors (Lipinski definition) is 3. The van der Waals surface area contributed by atoms with Gasteiger partial charge >= 0.3 is 0 Å². The van der Waals surface area contributed by atoms with Gasteiger partial charge in [0.2, 0.25) is 0 Å². The Morgan fingerprint density at radius 2 is 2.17 bits per heavy atom. The van der Waals surface area contributed by atoms with Crippen LogP contribution in [-0.4, -0.2) is 43.7 Å². The van der Waals surface area contributed by atoms with E-state index in [4.69, 9.17) is 15.0 Å². The van der Waals surface area contributed by atoms with Gasteiger partial charge in [-0.25, -0.2) is 4.99 Å². The standard InChI is InChI=1S/C18H26N4O/c1-3-20-18(22-10-9-17(13-22)14-23-4-2)21-12-16-7-5-15(11-19)6-8-16/h5-8,17H,3-4,9-10,12-14H2,1-2H3,(H,20,21). The molecule has 1 unspecified atom stereocenters. The molecule has 0 aromatic heterocycles. The van der Waals surface area contributed by atoms with Gasteiger partial charge in [-0.2, -0.15) is 5.26 Å². The summed E-state index contributed by atoms with van der Waals surface area (Å²) < 4.78 is 5.54. The third kappa shape index (κ3) is 5.26. The Bertz CT molecular complexity index is 547. The fraction of sp³-hybridized carbons (Fsp3) is 0.556. The Morgan fingerprint density at radius 3 is 2.83 bits per heavy atom. The van der Waals surface area contributed by atoms with Crippen molar-refractivity contribution in [1.82, 2.24) is 10.2 Å². The van der Waals surface area contributed by atoms with Gasteiger partial charge in [0.25, 0.3) is 0 Å². The molecule has 1 fully saturated rings. The van der Waals surface area contributed by atoms with E-state index >= 15 is 0 Å². The van der Waals surface area contributed by atoms with Crippen molar-refractivity contribution in [2.24, 2.45) is 10.9 Å². The summed E-state index contributed by atoms with van der Waals surface area (Å²) in [5, 5.41) is 12.2. The van der Waals surface area contributed by atoms with Gasteiger partial charge in [0.05, 0.1) is 24.8 Å². The Kier molecular flexibility index (Phi) is 6.89. The molecule has 0 aliphatic carbocycles. The number of hydrogen-bond donors (Lipinski definition) is 1. The zero-order chi connectivity index (χ0) is 16.5. The van der Waals surface area contributed by atoms with E-state index in [-0.39, 0.29) is 0 Å². The summed E-state index contributed by atoms with van der Waals surface area (Å²) in [4.78, 5) is 7.06. The van der Waals surface area contributed by atoms with Crippen molar-refractivity contribution in [3.8, 4) is 6.07 Å². The molecular formula is C18H26N4O. The van der Waals surface area contributed by atoms with Gasteiger partial charge in [0.1, 0.15) is 0 Å². The first-order chi connectivity index (χ1) is 11.3. The molecule has 1 N–H and O–H groups in total. The number of guanidine groups is 1. The first-order valence-electron chi connectivity index (χ1n) is 8.36. The molecule has 0 bridgehead atoms. The summed E-state index contributed by atoms with van der Waals surface area (Å²) >= 11 is 0. The number of aliphatic imine (C=N–C) groups is 1. The van der Waals surface area contributed by atoms with E-state index in [0.29, 0.717) is 18.0 Å². The van der Waals surface area contributed by atoms with Crippen LogP contribution in [0.15, 0.2) is 29.3 Å². The van der Waals surface area contributed by atoms with Crippen LogP contribution in [0.4, 0.5) is 0 Å². The zero-order valence-electron chi connectivity index (χ0n) is 14.1. The van der Waals surface area contributed by atoms with Crippen LogP contribution in [0, 0.1) is 17.2 Å². The Balaban J connectivity index is 1.95. The lowest BCUT2D eigenvalue weighted by atomic mass is 10.1. The second-order valence-electron chi connectivity index (χ2n) is 5.74. The molecular weight excluding hydrogens is 288 g/mol. The highest BCUT2D eigenvalue weighted by atomic mass is 16.5. The van der Waals surface area contributed by atoms with E-state index in [9.17, 15) is 0 Å². The number of ether oxygens (including phenoxy) is 1. The van der Waals surface area contributed by atoms with Crippen LogP contribution in [0.1, 0.15) is 31.4 Å². The number of nitrogens with zero attached hydrogens (tertiary/aromatic N) is 3. The maximum atomic E-state index is 8.84. The topological polar surface area (TPSA) is 60.7 Å². The molecule has 5 heteroatoms. The molecule has 0 radical (unpaired) electrons. The Labute approximate surface area is 139 Å². The zero-order valence-corrected chi connectivity index (χ0v) is 14.1. The number of benzene rings is 1. The first kappa shape index (κ1) is 17.3. The second-order valence-corrected chi connectivity index (χ2v) is 5.74. The van der Waals surface area contributed by atoms with Crippen LogP contribution in [0.3, 0.4) is 0 Å². The van der Waals surface area contributed by atoms with Crippen LogP contribution in [0.25, 0.3) is 0 Å². The van der Waals surface area contributed by atoms with Gasteiger partial charge in [-0.05, 0) is 38.0 Å². The maximum absolute atomic E-state index is 8.84. The number of nitrogens with one attached hydrogen (secondary N) is 1. The molecule has 124 valence electrons. The largest absolute Gasteiger partial charge is 0.381 e. The van der Waals surface area contributed by atoms with Gasteiger partial charge in [0.15, 0.2) is 5.96 Å². The van der Waals surface area contributed by atoms with Crippen molar-refractivity contribution >= 4 is 5.96 Å². The van der Waals surface area contributed by atoms with E-state index < -0.39 is 0 Å². The van der Waals surface area contributed by atoms with Crippen LogP contribution < -0.4 is 5.32 Å². The van der Waals surface area contributed by atoms with Gasteiger partial charge in [-0.1, -0.05) is 12.1 Å². The number of likely N-dealkylation sites (tertiary alicyclic amines) is 1. The SMILES string of the molecule is CCNC(=NCc1ccc(C#N)cc1)N1CCC(COCC)C1. The third-order valence-corrected chi connectivity index (χ3v) is 3.97. The molecule has 0 saturated carbocycles. The average Bonchev–Trinajstić information content (AvgIpc) is 3.06. The van der Waals surface area contributed by atoms with Crippen LogP contribution in [-0.2, 0) is 11.3 Å². The van der Waals surface area contributed by atoms with Crippen LogP contribution >= 0.6 is 0 Å². The lowest BCUT2D eigenvalue weighted by Crippen LogP contribution is -2.40. The number of rotatable bonds is 6. The molecule has 1 aliphatic rings. The highest BCUT2D eigenvalue weighted by Gasteiger charge is 2.24. The molecule has 23 heavy (non-hydrogen) atoms. The minimum Gasteiger partial charge on any atom is -0.381 e. The normalized spacial score (nSPS) is 18.0. The lowest BCUT2D eigenvalue weighted by molar-refractivity contribution is 0.114. The molecule has 5 nitrogen and oxygen atoms in total. The third-order valence-electron chi connectivity index (χ3n) is 3.97. The van der Waals surface area contributed by atoms with Crippen molar-refractivity contribution in [3.63, 3.8) is 0 Å². The molecule has 1 heterocycles. The maximum Gasteiger partial charge on any atom is 0.194 e. The minimum absolute atomic E-state index is 0.591. The van der Waals surface area contributed by atoms with Gasteiger partial charge in [-0.15, -0.1) is 0 Å². The van der Waals surface area contributed by atoms with Crippen molar-refractivity contribution in [3.05, 3.63) is 35.4 Å². The summed E-state index contributed by atoms with van der Waals surface area (Å²) in [5.74, 6) is 1.56. The predicted octanol–water partition coefficient (Wildman–Crippen LogP) is 2.38. The minimum atomic E-state index is 0.591. The van der Waals surface area contributed by atoms with E-state index in [1.54, 1.807) is 0 Å². The molecule has 0 amide bonds. The van der Waals surface area contributed by atoms with E-state index in [1.807, 2.05) is 31.2 Å². The van der Waals surface area contributed by atoms with Gasteiger partial charge in [-0.3, -0.25) is 0 Å². The highest BCUT2D eigenvalue weighted by Crippen LogP contribution is 2.17. The highest BCUT2D eigenvalue weighted by molar-refractivity contribution is 5.80. The molecule has 1 aromatic carbocycles. The van der Waals surface area contributed by atoms with Crippen LogP contribution in [0.2, 0.25) is 0 Å². The molecule has 1 atom stereocenters. The smallest absolute Gasteiger partial charge is 0.194 e. The fourth-order valence-corrected chi connectivity index (χ4v) is 2.72. The summed E-state index contributed by atoms with van der Waals surface area (Å²) in [6.07, 6.45) is 1.15. The summed E-state index contributed by atoms with van der Waals surface area (Å²) in [6.45, 7) is 9.25. The Morgan fingerprint density at radius 1 is 1.39 bits per heavy atom. The number of nitriles is 1. The van der Waals surface area contributed by atoms with E-state index in [2.05, 4.69) is 23.2 Å². The summed E-state index contributed by atoms with van der Waals surface area (Å²) in [5.41, 5.74) is 1.80. The fourth-order valence-electron chi connectivity index (χ4n) is 2.72. The van der Waals surface area contributed by atoms with Crippen LogP contribution in [0.5, 0.6) is 0 Å². The van der Waals surface area contributed by atoms with Crippen molar-refractivity contribution in [2.75, 3.05) is 32.8 Å². The van der Waals surface area contributed by atoms with E-state index in [0.717, 1.165) is 50.8 Å². The van der Waals surface area contributed by atoms with E-state index in [1.165, 1.54) is 0 Å². The van der Waals surface area contributed by atoms with Crippen molar-refractivity contribution in [2.45, 2.75) is 26.8 Å². The van der Waals surface area contributed by atoms with Crippen molar-refractivity contribution in [1.29, 1.82) is 5.26 Å². The molecule has 0 spiro atoms. The monoisotopic (exact) mass is 314 g/mol. The van der Waals surface area contributed by atoms with Crippen molar-refractivity contribution < 1.29 is 4.74 Å². The molecule has 1 saturated heterocycles. The second kappa shape index (κ2) is 9.16. The quantitative estimate of drug-likeness (QED) is 0.647. The van der Waals surface area contributed by atoms with Gasteiger partial charge < -0.3 is 15.0 Å². The molecule has 2 rings (SSSR count). The molecule has 1 aromatic rings. The van der Waals surface area contributed by atoms with Gasteiger partial charge in [0, 0.05) is 32.2 Å². The summed E-state index contributed by atoms with van der Waals surface area (Å²) in [7, 11) is 0. The molecule has 1 aliphatic heterocycles. The predicted molar refractivity (Wildman–Crippen MR) is 92.1 cm³/mol. The first-order valence-corrected chi connectivity index (χ1v) is 8.36. The Hall–Kier alpha value is -2.06. The lowest BCUT2D eigenvalue weighted by Gasteiger charge is -2.21. The average molecular weight is 314 g/mol.